The molecule has 1 N–H and O–H groups in total. The highest BCUT2D eigenvalue weighted by atomic mass is 33.1. The number of nitrogens with one attached hydrogen (secondary N) is 1. The molecule has 1 saturated heterocycles. The number of carbonyl (C=O) groups excluding carboxylic acids is 3. The summed E-state index contributed by atoms with van der Waals surface area (Å²) < 4.78 is 105. The van der Waals surface area contributed by atoms with Gasteiger partial charge in [0.2, 0.25) is 14.8 Å². The second-order valence-corrected chi connectivity index (χ2v) is 15.1. The molecule has 47 heavy (non-hydrogen) atoms. The average Bonchev–Trinajstić information content (AvgIpc) is 3.02. The van der Waals surface area contributed by atoms with Gasteiger partial charge in [-0.1, -0.05) is 48.5 Å². The van der Waals surface area contributed by atoms with Gasteiger partial charge in [-0.05, 0) is 48.9 Å². The number of esters is 1. The number of halogens is 3. The number of amides is 2. The second-order valence-electron chi connectivity index (χ2n) is 9.62. The van der Waals surface area contributed by atoms with Gasteiger partial charge in [-0.2, -0.15) is 21.6 Å². The van der Waals surface area contributed by atoms with Gasteiger partial charge in [-0.25, -0.2) is 13.2 Å². The van der Waals surface area contributed by atoms with Crippen molar-refractivity contribution in [2.75, 3.05) is 7.11 Å². The number of methoxy groups -OCH3 is 1. The molecule has 2 atom stereocenters. The molecular formula is C29H25F3N2O10S3. The summed E-state index contributed by atoms with van der Waals surface area (Å²) in [5, 5.41) is 0.683. The summed E-state index contributed by atoms with van der Waals surface area (Å²) >= 11 is 0. The first-order valence-corrected chi connectivity index (χ1v) is 17.6. The minimum atomic E-state index is -6.37. The predicted molar refractivity (Wildman–Crippen MR) is 161 cm³/mol. The molecule has 250 valence electrons. The van der Waals surface area contributed by atoms with Crippen molar-refractivity contribution in [2.24, 2.45) is 0 Å². The van der Waals surface area contributed by atoms with E-state index in [1.165, 1.54) is 61.7 Å². The monoisotopic (exact) mass is 714 g/mol. The van der Waals surface area contributed by atoms with Crippen LogP contribution in [0.1, 0.15) is 12.5 Å². The van der Waals surface area contributed by atoms with Gasteiger partial charge in [0.05, 0.1) is 18.4 Å². The number of β-lactam (4-membered cyclic amide) rings is 1. The molecule has 3 aromatic carbocycles. The quantitative estimate of drug-likeness (QED) is 0.0426. The van der Waals surface area contributed by atoms with Gasteiger partial charge < -0.3 is 19.0 Å². The van der Waals surface area contributed by atoms with Crippen molar-refractivity contribution < 1.29 is 58.0 Å². The lowest BCUT2D eigenvalue weighted by atomic mass is 10.0. The van der Waals surface area contributed by atoms with Crippen molar-refractivity contribution >= 4 is 47.6 Å². The Labute approximate surface area is 270 Å². The van der Waals surface area contributed by atoms with Crippen molar-refractivity contribution in [3.8, 4) is 11.5 Å². The minimum absolute atomic E-state index is 0.0848. The molecule has 0 aromatic heterocycles. The van der Waals surface area contributed by atoms with Crippen LogP contribution in [0.25, 0.3) is 0 Å². The lowest BCUT2D eigenvalue weighted by Crippen LogP contribution is -2.70. The van der Waals surface area contributed by atoms with Crippen molar-refractivity contribution in [3.63, 3.8) is 0 Å². The van der Waals surface area contributed by atoms with Crippen LogP contribution in [0.2, 0.25) is 0 Å². The van der Waals surface area contributed by atoms with Crippen molar-refractivity contribution in [1.82, 2.24) is 10.2 Å². The summed E-state index contributed by atoms with van der Waals surface area (Å²) in [5.74, 6) is -4.59. The predicted octanol–water partition coefficient (Wildman–Crippen LogP) is 3.72. The normalized spacial score (nSPS) is 17.2. The molecule has 0 aliphatic carbocycles. The van der Waals surface area contributed by atoms with Gasteiger partial charge in [0.15, 0.2) is 5.70 Å². The van der Waals surface area contributed by atoms with E-state index in [-0.39, 0.29) is 27.9 Å². The van der Waals surface area contributed by atoms with Gasteiger partial charge in [0, 0.05) is 10.8 Å². The molecule has 0 unspecified atom stereocenters. The van der Waals surface area contributed by atoms with Crippen LogP contribution in [0.4, 0.5) is 13.2 Å². The third kappa shape index (κ3) is 8.25. The third-order valence-corrected chi connectivity index (χ3v) is 11.1. The van der Waals surface area contributed by atoms with E-state index in [0.29, 0.717) is 23.1 Å². The number of allylic oxidation sites excluding steroid dienone is 1. The van der Waals surface area contributed by atoms with E-state index in [2.05, 4.69) is 9.50 Å². The van der Waals surface area contributed by atoms with Crippen molar-refractivity contribution in [2.45, 2.75) is 35.2 Å². The van der Waals surface area contributed by atoms with Crippen LogP contribution in [0, 0.1) is 0 Å². The topological polar surface area (TPSA) is 162 Å². The Bertz CT molecular complexity index is 1890. The lowest BCUT2D eigenvalue weighted by Gasteiger charge is -2.46. The number of nitrogens with zero attached hydrogens (tertiary/aromatic N) is 1. The number of ether oxygens (including phenoxy) is 2. The molecular weight excluding hydrogens is 690 g/mol. The Morgan fingerprint density at radius 2 is 1.45 bits per heavy atom. The minimum Gasteiger partial charge on any atom is -0.497 e. The van der Waals surface area contributed by atoms with Crippen LogP contribution in [0.15, 0.2) is 101 Å². The number of likely N-dealkylation sites (tertiary alicyclic amines) is 1. The van der Waals surface area contributed by atoms with Gasteiger partial charge in [-0.3, -0.25) is 14.5 Å². The summed E-state index contributed by atoms with van der Waals surface area (Å²) in [5.41, 5.74) is -6.55. The molecule has 0 radical (unpaired) electrons. The smallest absolute Gasteiger partial charge is 0.497 e. The highest BCUT2D eigenvalue weighted by Crippen LogP contribution is 2.41. The number of hydrogen-bond acceptors (Lipinski definition) is 11. The Balaban J connectivity index is 1.76. The molecule has 1 fully saturated rings. The lowest BCUT2D eigenvalue weighted by molar-refractivity contribution is -0.150. The fraction of sp³-hybridized carbons (Fsp3) is 0.207. The second kappa shape index (κ2) is 14.1. The maximum atomic E-state index is 13.5. The first-order chi connectivity index (χ1) is 22.0. The summed E-state index contributed by atoms with van der Waals surface area (Å²) in [7, 11) is -9.30. The molecule has 18 heteroatoms. The number of carbonyl (C=O) groups is 3. The zero-order valence-electron chi connectivity index (χ0n) is 24.3. The van der Waals surface area contributed by atoms with Gasteiger partial charge >= 0.3 is 21.6 Å². The van der Waals surface area contributed by atoms with Gasteiger partial charge in [0.1, 0.15) is 28.7 Å². The van der Waals surface area contributed by atoms with Crippen LogP contribution in [0.5, 0.6) is 11.5 Å². The molecule has 1 heterocycles. The molecule has 2 amide bonds. The first-order valence-electron chi connectivity index (χ1n) is 13.3. The maximum absolute atomic E-state index is 13.5. The van der Waals surface area contributed by atoms with Crippen LogP contribution in [0.3, 0.4) is 0 Å². The number of alkyl halides is 3. The van der Waals surface area contributed by atoms with E-state index >= 15 is 0 Å². The molecule has 0 spiro atoms. The molecule has 1 aliphatic heterocycles. The van der Waals surface area contributed by atoms with Gasteiger partial charge in [-0.15, -0.1) is 0 Å². The molecule has 3 aromatic rings. The van der Waals surface area contributed by atoms with E-state index in [9.17, 15) is 44.4 Å². The molecule has 1 aliphatic rings. The molecule has 0 bridgehead atoms. The first kappa shape index (κ1) is 35.3. The third-order valence-electron chi connectivity index (χ3n) is 6.38. The summed E-state index contributed by atoms with van der Waals surface area (Å²) in [6, 6.07) is 18.6. The van der Waals surface area contributed by atoms with Crippen LogP contribution in [-0.2, 0) is 44.0 Å². The number of hydrogen-bond donors (Lipinski definition) is 1. The van der Waals surface area contributed by atoms with Crippen LogP contribution in [-0.4, -0.2) is 63.6 Å². The molecule has 0 saturated carbocycles. The molecule has 12 nitrogen and oxygen atoms in total. The average molecular weight is 715 g/mol. The summed E-state index contributed by atoms with van der Waals surface area (Å²) in [6.07, 6.45) is -0.235. The summed E-state index contributed by atoms with van der Waals surface area (Å²) in [6.45, 7) is 0.649. The van der Waals surface area contributed by atoms with Crippen molar-refractivity contribution in [1.29, 1.82) is 0 Å². The van der Waals surface area contributed by atoms with E-state index in [4.69, 9.17) is 9.47 Å². The van der Waals surface area contributed by atoms with Crippen LogP contribution < -0.4 is 14.8 Å². The molecule has 4 rings (SSSR count). The van der Waals surface area contributed by atoms with E-state index in [1.807, 2.05) is 0 Å². The highest BCUT2D eigenvalue weighted by molar-refractivity contribution is 8.72. The zero-order valence-corrected chi connectivity index (χ0v) is 26.8. The van der Waals surface area contributed by atoms with E-state index in [1.54, 1.807) is 30.3 Å². The number of benzene rings is 3. The summed E-state index contributed by atoms with van der Waals surface area (Å²) in [4.78, 5) is 40.1. The largest absolute Gasteiger partial charge is 0.534 e. The Morgan fingerprint density at radius 1 is 0.894 bits per heavy atom. The highest BCUT2D eigenvalue weighted by Gasteiger charge is 2.56. The van der Waals surface area contributed by atoms with E-state index < -0.39 is 65.2 Å². The maximum Gasteiger partial charge on any atom is 0.534 e. The van der Waals surface area contributed by atoms with Crippen molar-refractivity contribution in [3.05, 3.63) is 102 Å². The SMILES string of the molecule is COc1ccc(OC(=O)/C(=C(/C)OS(=O)(=O)C(F)(F)F)N2C(=O)[C@@H](NC(=O)Cc3ccccc3)[C@H]2SS(=O)(=O)c2ccccc2)cc1. The fourth-order valence-corrected chi connectivity index (χ4v) is 8.17. The Hall–Kier alpha value is -4.55. The Morgan fingerprint density at radius 3 is 2.00 bits per heavy atom. The Kier molecular flexibility index (Phi) is 10.6. The fourth-order valence-electron chi connectivity index (χ4n) is 4.17. The standard InChI is InChI=1S/C29H25F3N2O10S3/c1-18(44-47(40,41)29(30,31)32)25(28(37)43-21-15-13-20(42-2)14-16-21)34-26(36)24(33-23(35)17-19-9-5-3-6-10-19)27(34)45-46(38,39)22-11-7-4-8-12-22/h3-16,24,27H,17H2,1-2H3,(H,33,35)/b25-18+/t24-,27-/m1/s1. The van der Waals surface area contributed by atoms with Gasteiger partial charge in [0.25, 0.3) is 5.91 Å². The van der Waals surface area contributed by atoms with E-state index in [0.717, 1.165) is 0 Å². The zero-order chi connectivity index (χ0) is 34.6. The van der Waals surface area contributed by atoms with Crippen LogP contribution >= 0.6 is 10.8 Å². The number of rotatable bonds is 12.